The number of aromatic amines is 2. The van der Waals surface area contributed by atoms with E-state index >= 15 is 0 Å². The van der Waals surface area contributed by atoms with E-state index in [1.807, 2.05) is 59.7 Å². The standard InChI is InChI=1S/C17H20N2O3.C16H18N2O3.CH4O.Na.H2O/c1-9-5-10(2)14(17(20)21-4)6-13(9)15-11(3)18-16(19-15)12-7-22-8-12;1-8-4-9(2)13(16(19)20)5-12(8)14-10(3)17-15(18-14)11-6-21-7-11;1-2;;/h5-6,12H,7-8H2,1-4H3,(H,18,19);4-5,11H,6-7H2,1-3H3,(H,17,18)(H,19,20);2H,1H3;;1H2/q;;;+1;/p-1. The molecule has 6 rings (SSSR count). The van der Waals surface area contributed by atoms with Crippen molar-refractivity contribution in [2.45, 2.75) is 53.4 Å². The van der Waals surface area contributed by atoms with Crippen LogP contribution in [0.25, 0.3) is 22.5 Å². The van der Waals surface area contributed by atoms with E-state index in [4.69, 9.17) is 24.3 Å². The zero-order valence-corrected chi connectivity index (χ0v) is 30.6. The Morgan fingerprint density at radius 1 is 0.723 bits per heavy atom. The molecule has 0 unspecified atom stereocenters. The van der Waals surface area contributed by atoms with Crippen LogP contribution in [-0.4, -0.2) is 88.2 Å². The van der Waals surface area contributed by atoms with Crippen molar-refractivity contribution in [2.24, 2.45) is 0 Å². The molecule has 0 bridgehead atoms. The van der Waals surface area contributed by atoms with E-state index in [2.05, 4.69) is 15.0 Å². The van der Waals surface area contributed by atoms with Gasteiger partial charge >= 0.3 is 41.5 Å². The average Bonchev–Trinajstić information content (AvgIpc) is 3.49. The summed E-state index contributed by atoms with van der Waals surface area (Å²) >= 11 is 0. The summed E-state index contributed by atoms with van der Waals surface area (Å²) in [6.07, 6.45) is 0. The van der Waals surface area contributed by atoms with Gasteiger partial charge < -0.3 is 39.9 Å². The van der Waals surface area contributed by atoms with Gasteiger partial charge in [0.05, 0.1) is 67.9 Å². The predicted molar refractivity (Wildman–Crippen MR) is 172 cm³/mol. The van der Waals surface area contributed by atoms with Crippen LogP contribution in [0.3, 0.4) is 0 Å². The summed E-state index contributed by atoms with van der Waals surface area (Å²) in [6.45, 7) is 14.5. The van der Waals surface area contributed by atoms with E-state index in [-0.39, 0.29) is 41.0 Å². The van der Waals surface area contributed by atoms with Crippen molar-refractivity contribution in [3.05, 3.63) is 80.7 Å². The minimum absolute atomic E-state index is 0. The number of nitrogens with zero attached hydrogens (tertiary/aromatic N) is 2. The number of carbonyl (C=O) groups is 2. The molecule has 0 atom stereocenters. The topological polar surface area (TPSA) is 190 Å². The minimum atomic E-state index is -0.908. The summed E-state index contributed by atoms with van der Waals surface area (Å²) in [6, 6.07) is 7.50. The molecule has 5 N–H and O–H groups in total. The van der Waals surface area contributed by atoms with Crippen molar-refractivity contribution >= 4 is 11.9 Å². The summed E-state index contributed by atoms with van der Waals surface area (Å²) in [5.74, 6) is 1.32. The molecule has 2 aliphatic heterocycles. The molecule has 13 heteroatoms. The van der Waals surface area contributed by atoms with Crippen LogP contribution in [0.4, 0.5) is 0 Å². The third-order valence-electron chi connectivity index (χ3n) is 8.14. The molecule has 248 valence electrons. The molecule has 0 saturated carbocycles. The maximum atomic E-state index is 11.9. The number of aromatic carboxylic acids is 1. The van der Waals surface area contributed by atoms with E-state index in [0.717, 1.165) is 74.9 Å². The van der Waals surface area contributed by atoms with Crippen molar-refractivity contribution in [3.63, 3.8) is 0 Å². The zero-order chi connectivity index (χ0) is 33.0. The fourth-order valence-corrected chi connectivity index (χ4v) is 5.44. The number of carboxylic acid groups (broad SMARTS) is 1. The summed E-state index contributed by atoms with van der Waals surface area (Å²) in [5, 5.41) is 16.3. The number of carboxylic acids is 1. The van der Waals surface area contributed by atoms with Gasteiger partial charge in [-0.2, -0.15) is 0 Å². The minimum Gasteiger partial charge on any atom is -0.870 e. The van der Waals surface area contributed by atoms with Gasteiger partial charge in [-0.05, 0) is 75.9 Å². The third kappa shape index (κ3) is 8.57. The Morgan fingerprint density at radius 2 is 1.11 bits per heavy atom. The molecule has 2 fully saturated rings. The second kappa shape index (κ2) is 17.2. The summed E-state index contributed by atoms with van der Waals surface area (Å²) in [4.78, 5) is 39.3. The van der Waals surface area contributed by atoms with Crippen molar-refractivity contribution in [3.8, 4) is 22.5 Å². The van der Waals surface area contributed by atoms with E-state index in [1.165, 1.54) is 7.11 Å². The fraction of sp³-hybridized carbons (Fsp3) is 0.412. The van der Waals surface area contributed by atoms with Crippen LogP contribution < -0.4 is 29.6 Å². The number of aliphatic hydroxyl groups is 1. The first-order valence-corrected chi connectivity index (χ1v) is 14.8. The molecule has 4 heterocycles. The molecule has 47 heavy (non-hydrogen) atoms. The molecule has 2 aliphatic rings. The van der Waals surface area contributed by atoms with Crippen molar-refractivity contribution in [1.82, 2.24) is 19.9 Å². The maximum Gasteiger partial charge on any atom is 1.00 e. The molecule has 0 amide bonds. The van der Waals surface area contributed by atoms with Gasteiger partial charge in [0.25, 0.3) is 0 Å². The SMILES string of the molecule is CO.COC(=O)c1cc(-c2nc(C3COC3)[nH]c2C)c(C)cc1C.Cc1cc(C)c(-c2nc(C3COC3)[nH]c2C)cc1C(=O)O.[Na+].[OH-]. The Bertz CT molecular complexity index is 1710. The molecule has 0 spiro atoms. The van der Waals surface area contributed by atoms with E-state index < -0.39 is 5.97 Å². The second-order valence-corrected chi connectivity index (χ2v) is 11.4. The molecule has 12 nitrogen and oxygen atoms in total. The van der Waals surface area contributed by atoms with Crippen molar-refractivity contribution in [2.75, 3.05) is 40.6 Å². The third-order valence-corrected chi connectivity index (χ3v) is 8.14. The molecule has 2 saturated heterocycles. The number of benzene rings is 2. The molecule has 0 aliphatic carbocycles. The number of imidazole rings is 2. The number of aromatic nitrogens is 4. The quantitative estimate of drug-likeness (QED) is 0.176. The Balaban J connectivity index is 0.000000299. The Hall–Kier alpha value is -3.36. The van der Waals surface area contributed by atoms with Crippen LogP contribution in [0.1, 0.15) is 77.8 Å². The van der Waals surface area contributed by atoms with Gasteiger partial charge in [-0.25, -0.2) is 19.6 Å². The summed E-state index contributed by atoms with van der Waals surface area (Å²) in [7, 11) is 2.40. The van der Waals surface area contributed by atoms with Crippen molar-refractivity contribution < 1.29 is 69.0 Å². The maximum absolute atomic E-state index is 11.9. The molecule has 4 aromatic rings. The Morgan fingerprint density at radius 3 is 1.45 bits per heavy atom. The Labute approximate surface area is 296 Å². The number of carbonyl (C=O) groups excluding carboxylic acids is 1. The van der Waals surface area contributed by atoms with Crippen LogP contribution in [-0.2, 0) is 14.2 Å². The van der Waals surface area contributed by atoms with Gasteiger partial charge in [0, 0.05) is 29.6 Å². The molecular weight excluding hydrogens is 615 g/mol. The number of hydrogen-bond donors (Lipinski definition) is 4. The smallest absolute Gasteiger partial charge is 0.870 e. The first-order chi connectivity index (χ1) is 21.5. The second-order valence-electron chi connectivity index (χ2n) is 11.4. The predicted octanol–water partition coefficient (Wildman–Crippen LogP) is 2.15. The number of hydrogen-bond acceptors (Lipinski definition) is 9. The number of H-pyrrole nitrogens is 2. The first kappa shape index (κ1) is 39.8. The number of rotatable bonds is 6. The summed E-state index contributed by atoms with van der Waals surface area (Å²) in [5.41, 5.74) is 10.2. The number of nitrogens with one attached hydrogen (secondary N) is 2. The summed E-state index contributed by atoms with van der Waals surface area (Å²) < 4.78 is 15.3. The largest absolute Gasteiger partial charge is 1.00 e. The first-order valence-electron chi connectivity index (χ1n) is 14.8. The molecule has 0 radical (unpaired) electrons. The van der Waals surface area contributed by atoms with E-state index in [0.29, 0.717) is 49.4 Å². The van der Waals surface area contributed by atoms with Gasteiger partial charge in [0.2, 0.25) is 0 Å². The van der Waals surface area contributed by atoms with Gasteiger partial charge in [0.1, 0.15) is 11.6 Å². The average molecular weight is 659 g/mol. The zero-order valence-electron chi connectivity index (χ0n) is 28.6. The number of ether oxygens (including phenoxy) is 3. The molecular formula is C34H43N4NaO8. The van der Waals surface area contributed by atoms with Gasteiger partial charge in [0.15, 0.2) is 0 Å². The number of methoxy groups -OCH3 is 1. The van der Waals surface area contributed by atoms with Crippen LogP contribution in [0.15, 0.2) is 24.3 Å². The fourth-order valence-electron chi connectivity index (χ4n) is 5.44. The molecule has 2 aromatic heterocycles. The van der Waals surface area contributed by atoms with Gasteiger partial charge in [-0.3, -0.25) is 0 Å². The monoisotopic (exact) mass is 658 g/mol. The van der Waals surface area contributed by atoms with Gasteiger partial charge in [-0.1, -0.05) is 12.1 Å². The van der Waals surface area contributed by atoms with Crippen LogP contribution >= 0.6 is 0 Å². The number of aryl methyl sites for hydroxylation is 6. The van der Waals surface area contributed by atoms with Crippen molar-refractivity contribution in [1.29, 1.82) is 0 Å². The van der Waals surface area contributed by atoms with E-state index in [1.54, 1.807) is 6.07 Å². The number of esters is 1. The van der Waals surface area contributed by atoms with E-state index in [9.17, 15) is 14.7 Å². The van der Waals surface area contributed by atoms with Gasteiger partial charge in [-0.15, -0.1) is 0 Å². The normalized spacial score (nSPS) is 13.7. The van der Waals surface area contributed by atoms with Crippen LogP contribution in [0.2, 0.25) is 0 Å². The Kier molecular flexibility index (Phi) is 14.5. The van der Waals surface area contributed by atoms with Crippen LogP contribution in [0.5, 0.6) is 0 Å². The number of aliphatic hydroxyl groups excluding tert-OH is 1. The van der Waals surface area contributed by atoms with Crippen LogP contribution in [0, 0.1) is 41.5 Å². The molecule has 2 aromatic carbocycles.